The van der Waals surface area contributed by atoms with Crippen LogP contribution in [0.15, 0.2) is 0 Å². The molecule has 8 heavy (non-hydrogen) atoms. The van der Waals surface area contributed by atoms with E-state index in [0.29, 0.717) is 5.92 Å². The highest BCUT2D eigenvalue weighted by Gasteiger charge is 1.96. The molecule has 0 aliphatic heterocycles. The van der Waals surface area contributed by atoms with E-state index in [4.69, 9.17) is 5.11 Å². The molecule has 1 atom stereocenters. The smallest absolute Gasteiger partial charge is 0.0433 e. The molecule has 0 aliphatic rings. The summed E-state index contributed by atoms with van der Waals surface area (Å²) in [5.41, 5.74) is 0. The van der Waals surface area contributed by atoms with Gasteiger partial charge in [0.2, 0.25) is 0 Å². The van der Waals surface area contributed by atoms with Crippen LogP contribution in [0.4, 0.5) is 0 Å². The molecule has 1 nitrogen and oxygen atoms in total. The molecule has 0 heterocycles. The summed E-state index contributed by atoms with van der Waals surface area (Å²) in [5.74, 6) is 0.463. The molecule has 1 radical (unpaired) electrons. The topological polar surface area (TPSA) is 20.2 Å². The molecular formula is C7H15O. The second-order valence-corrected chi connectivity index (χ2v) is 2.17. The molecule has 49 valence electrons. The van der Waals surface area contributed by atoms with Gasteiger partial charge in [-0.15, -0.1) is 0 Å². The van der Waals surface area contributed by atoms with Crippen LogP contribution in [-0.4, -0.2) is 11.7 Å². The van der Waals surface area contributed by atoms with Crippen molar-refractivity contribution in [3.05, 3.63) is 6.92 Å². The molecule has 1 heteroatoms. The van der Waals surface area contributed by atoms with Gasteiger partial charge in [-0.2, -0.15) is 0 Å². The van der Waals surface area contributed by atoms with E-state index in [1.165, 1.54) is 6.42 Å². The van der Waals surface area contributed by atoms with Crippen molar-refractivity contribution in [1.29, 1.82) is 0 Å². The molecule has 0 aromatic carbocycles. The average molecular weight is 115 g/mol. The third kappa shape index (κ3) is 4.13. The Labute approximate surface area is 51.7 Å². The summed E-state index contributed by atoms with van der Waals surface area (Å²) < 4.78 is 0. The molecular weight excluding hydrogens is 100 g/mol. The predicted octanol–water partition coefficient (Wildman–Crippen LogP) is 1.62. The lowest BCUT2D eigenvalue weighted by Gasteiger charge is -2.04. The zero-order valence-electron chi connectivity index (χ0n) is 5.56. The first-order chi connectivity index (χ1) is 3.81. The van der Waals surface area contributed by atoms with E-state index in [0.717, 1.165) is 12.8 Å². The molecule has 0 spiro atoms. The minimum Gasteiger partial charge on any atom is -0.396 e. The number of hydrogen-bond acceptors (Lipinski definition) is 1. The molecule has 0 aliphatic carbocycles. The van der Waals surface area contributed by atoms with Crippen LogP contribution in [-0.2, 0) is 0 Å². The molecule has 0 rings (SSSR count). The first kappa shape index (κ1) is 7.96. The third-order valence-corrected chi connectivity index (χ3v) is 1.23. The first-order valence-electron chi connectivity index (χ1n) is 3.25. The van der Waals surface area contributed by atoms with Gasteiger partial charge in [0, 0.05) is 6.61 Å². The Kier molecular flexibility index (Phi) is 5.08. The van der Waals surface area contributed by atoms with Gasteiger partial charge in [-0.05, 0) is 12.3 Å². The Morgan fingerprint density at radius 1 is 1.50 bits per heavy atom. The summed E-state index contributed by atoms with van der Waals surface area (Å²) >= 11 is 0. The Morgan fingerprint density at radius 2 is 2.12 bits per heavy atom. The van der Waals surface area contributed by atoms with E-state index in [2.05, 4.69) is 13.8 Å². The first-order valence-corrected chi connectivity index (χ1v) is 3.25. The quantitative estimate of drug-likeness (QED) is 0.590. The molecule has 0 amide bonds. The lowest BCUT2D eigenvalue weighted by molar-refractivity contribution is 0.265. The number of hydrogen-bond donors (Lipinski definition) is 1. The van der Waals surface area contributed by atoms with E-state index in [1.807, 2.05) is 0 Å². The van der Waals surface area contributed by atoms with Gasteiger partial charge in [-0.1, -0.05) is 26.7 Å². The highest BCUT2D eigenvalue weighted by atomic mass is 16.2. The Balaban J connectivity index is 2.92. The molecule has 0 fully saturated rings. The Morgan fingerprint density at radius 3 is 2.50 bits per heavy atom. The van der Waals surface area contributed by atoms with Gasteiger partial charge in [0.15, 0.2) is 0 Å². The van der Waals surface area contributed by atoms with E-state index < -0.39 is 0 Å². The van der Waals surface area contributed by atoms with E-state index in [9.17, 15) is 0 Å². The van der Waals surface area contributed by atoms with Crippen molar-refractivity contribution in [1.82, 2.24) is 0 Å². The van der Waals surface area contributed by atoms with Crippen molar-refractivity contribution in [2.75, 3.05) is 6.61 Å². The van der Waals surface area contributed by atoms with Crippen LogP contribution < -0.4 is 0 Å². The van der Waals surface area contributed by atoms with Gasteiger partial charge < -0.3 is 5.11 Å². The molecule has 0 aromatic heterocycles. The lowest BCUT2D eigenvalue weighted by atomic mass is 10.0. The molecule has 0 bridgehead atoms. The molecule has 0 saturated heterocycles. The fraction of sp³-hybridized carbons (Fsp3) is 0.857. The zero-order chi connectivity index (χ0) is 6.41. The van der Waals surface area contributed by atoms with Gasteiger partial charge in [0.25, 0.3) is 0 Å². The van der Waals surface area contributed by atoms with Crippen LogP contribution in [0, 0.1) is 12.8 Å². The maximum absolute atomic E-state index is 8.42. The zero-order valence-corrected chi connectivity index (χ0v) is 5.56. The summed E-state index contributed by atoms with van der Waals surface area (Å²) in [5, 5.41) is 8.42. The highest BCUT2D eigenvalue weighted by Crippen LogP contribution is 2.07. The van der Waals surface area contributed by atoms with E-state index in [-0.39, 0.29) is 6.61 Å². The van der Waals surface area contributed by atoms with Crippen molar-refractivity contribution in [2.24, 2.45) is 5.92 Å². The third-order valence-electron chi connectivity index (χ3n) is 1.23. The van der Waals surface area contributed by atoms with Crippen molar-refractivity contribution in [3.63, 3.8) is 0 Å². The minimum absolute atomic E-state index is 0.286. The summed E-state index contributed by atoms with van der Waals surface area (Å²) in [6.07, 6.45) is 3.17. The van der Waals surface area contributed by atoms with Gasteiger partial charge in [-0.25, -0.2) is 0 Å². The van der Waals surface area contributed by atoms with Crippen LogP contribution in [0.3, 0.4) is 0 Å². The van der Waals surface area contributed by atoms with Crippen LogP contribution >= 0.6 is 0 Å². The monoisotopic (exact) mass is 115 g/mol. The van der Waals surface area contributed by atoms with Crippen molar-refractivity contribution < 1.29 is 5.11 Å². The summed E-state index contributed by atoms with van der Waals surface area (Å²) in [6, 6.07) is 0. The predicted molar refractivity (Wildman–Crippen MR) is 35.5 cm³/mol. The minimum atomic E-state index is 0.286. The van der Waals surface area contributed by atoms with Crippen LogP contribution in [0.2, 0.25) is 0 Å². The lowest BCUT2D eigenvalue weighted by Crippen LogP contribution is -1.96. The van der Waals surface area contributed by atoms with E-state index >= 15 is 0 Å². The molecule has 0 saturated carbocycles. The summed E-state index contributed by atoms with van der Waals surface area (Å²) in [4.78, 5) is 0. The van der Waals surface area contributed by atoms with Crippen molar-refractivity contribution in [2.45, 2.75) is 26.2 Å². The fourth-order valence-electron chi connectivity index (χ4n) is 0.735. The fourth-order valence-corrected chi connectivity index (χ4v) is 0.735. The largest absolute Gasteiger partial charge is 0.396 e. The number of aliphatic hydroxyl groups is 1. The normalized spacial score (nSPS) is 13.9. The number of rotatable bonds is 4. The van der Waals surface area contributed by atoms with Gasteiger partial charge in [-0.3, -0.25) is 0 Å². The maximum Gasteiger partial charge on any atom is 0.0433 e. The highest BCUT2D eigenvalue weighted by molar-refractivity contribution is 4.58. The summed E-state index contributed by atoms with van der Waals surface area (Å²) in [7, 11) is 0. The maximum atomic E-state index is 8.42. The van der Waals surface area contributed by atoms with Crippen molar-refractivity contribution in [3.8, 4) is 0 Å². The van der Waals surface area contributed by atoms with Crippen molar-refractivity contribution >= 4 is 0 Å². The molecule has 1 N–H and O–H groups in total. The SMILES string of the molecule is [CH2]C(CCC)CCO. The Bertz CT molecular complexity index is 37.7. The van der Waals surface area contributed by atoms with Gasteiger partial charge >= 0.3 is 0 Å². The van der Waals surface area contributed by atoms with Crippen LogP contribution in [0.5, 0.6) is 0 Å². The number of aliphatic hydroxyl groups excluding tert-OH is 1. The average Bonchev–Trinajstić information content (AvgIpc) is 1.68. The molecule has 0 aromatic rings. The summed E-state index contributed by atoms with van der Waals surface area (Å²) in [6.45, 7) is 6.28. The molecule has 1 unspecified atom stereocenters. The van der Waals surface area contributed by atoms with E-state index in [1.54, 1.807) is 0 Å². The van der Waals surface area contributed by atoms with Gasteiger partial charge in [0.1, 0.15) is 0 Å². The van der Waals surface area contributed by atoms with Crippen LogP contribution in [0.25, 0.3) is 0 Å². The van der Waals surface area contributed by atoms with Crippen LogP contribution in [0.1, 0.15) is 26.2 Å². The second kappa shape index (κ2) is 5.10. The standard InChI is InChI=1S/C7H15O/c1-3-4-7(2)5-6-8/h7-8H,2-6H2,1H3. The Hall–Kier alpha value is -0.0400. The van der Waals surface area contributed by atoms with Gasteiger partial charge in [0.05, 0.1) is 0 Å². The second-order valence-electron chi connectivity index (χ2n) is 2.17.